The van der Waals surface area contributed by atoms with Crippen LogP contribution in [0, 0.1) is 6.92 Å². The molecular weight excluding hydrogens is 386 g/mol. The van der Waals surface area contributed by atoms with Crippen molar-refractivity contribution in [3.8, 4) is 11.5 Å². The second-order valence-corrected chi connectivity index (χ2v) is 7.42. The van der Waals surface area contributed by atoms with Crippen LogP contribution in [0.1, 0.15) is 22.5 Å². The average Bonchev–Trinajstić information content (AvgIpc) is 3.26. The number of aryl methyl sites for hydroxylation is 1. The van der Waals surface area contributed by atoms with Gasteiger partial charge >= 0.3 is 0 Å². The van der Waals surface area contributed by atoms with Gasteiger partial charge in [-0.25, -0.2) is 0 Å². The molecule has 2 aromatic carbocycles. The summed E-state index contributed by atoms with van der Waals surface area (Å²) in [6.07, 6.45) is 5.50. The van der Waals surface area contributed by atoms with Crippen molar-refractivity contribution >= 4 is 34.5 Å². The number of rotatable bonds is 5. The first-order valence-corrected chi connectivity index (χ1v) is 9.78. The van der Waals surface area contributed by atoms with Crippen LogP contribution < -0.4 is 19.6 Å². The van der Waals surface area contributed by atoms with Gasteiger partial charge in [0.25, 0.3) is 5.56 Å². The third-order valence-electron chi connectivity index (χ3n) is 4.42. The first-order chi connectivity index (χ1) is 14.1. The Hall–Kier alpha value is -3.45. The first kappa shape index (κ1) is 18.9. The Morgan fingerprint density at radius 2 is 1.83 bits per heavy atom. The van der Waals surface area contributed by atoms with Crippen LogP contribution in [0.15, 0.2) is 47.3 Å². The minimum absolute atomic E-state index is 0.211. The summed E-state index contributed by atoms with van der Waals surface area (Å²) in [6, 6.07) is 13.7. The van der Waals surface area contributed by atoms with E-state index >= 15 is 0 Å². The number of nitrogens with zero attached hydrogens (tertiary/aromatic N) is 3. The Bertz CT molecular complexity index is 1300. The van der Waals surface area contributed by atoms with Crippen molar-refractivity contribution in [3.63, 3.8) is 0 Å². The molecule has 2 aromatic heterocycles. The van der Waals surface area contributed by atoms with Crippen LogP contribution in [0.2, 0.25) is 0 Å². The van der Waals surface area contributed by atoms with E-state index in [2.05, 4.69) is 10.1 Å². The minimum Gasteiger partial charge on any atom is -0.493 e. The SMILES string of the molecule is COc1cccc(/C=c2\sc3nc(/C=C/c4ccc(C)cc4)nn3c2=O)c1OC. The summed E-state index contributed by atoms with van der Waals surface area (Å²) in [6.45, 7) is 2.05. The molecule has 0 spiro atoms. The number of thiazole rings is 1. The number of aromatic nitrogens is 3. The van der Waals surface area contributed by atoms with E-state index < -0.39 is 0 Å². The van der Waals surface area contributed by atoms with Gasteiger partial charge in [-0.15, -0.1) is 5.10 Å². The zero-order valence-corrected chi connectivity index (χ0v) is 17.1. The highest BCUT2D eigenvalue weighted by atomic mass is 32.1. The first-order valence-electron chi connectivity index (χ1n) is 8.96. The monoisotopic (exact) mass is 405 g/mol. The van der Waals surface area contributed by atoms with Gasteiger partial charge in [0.15, 0.2) is 17.3 Å². The molecule has 0 bridgehead atoms. The van der Waals surface area contributed by atoms with Gasteiger partial charge < -0.3 is 9.47 Å². The van der Waals surface area contributed by atoms with Crippen molar-refractivity contribution in [2.45, 2.75) is 6.92 Å². The zero-order chi connectivity index (χ0) is 20.4. The number of benzene rings is 2. The third kappa shape index (κ3) is 3.77. The Kier molecular flexibility index (Phi) is 5.14. The Labute approximate surface area is 171 Å². The number of hydrogen-bond acceptors (Lipinski definition) is 6. The smallest absolute Gasteiger partial charge is 0.291 e. The summed E-state index contributed by atoms with van der Waals surface area (Å²) in [5.74, 6) is 1.69. The average molecular weight is 405 g/mol. The molecule has 0 unspecified atom stereocenters. The van der Waals surface area contributed by atoms with Crippen molar-refractivity contribution in [2.75, 3.05) is 14.2 Å². The minimum atomic E-state index is -0.211. The molecule has 0 saturated heterocycles. The summed E-state index contributed by atoms with van der Waals surface area (Å²) in [4.78, 5) is 17.8. The van der Waals surface area contributed by atoms with Crippen molar-refractivity contribution in [3.05, 3.63) is 79.9 Å². The molecular formula is C22H19N3O3S. The molecule has 0 saturated carbocycles. The predicted octanol–water partition coefficient (Wildman–Crippen LogP) is 3.19. The maximum absolute atomic E-state index is 12.8. The van der Waals surface area contributed by atoms with Crippen LogP contribution >= 0.6 is 11.3 Å². The van der Waals surface area contributed by atoms with Crippen LogP contribution in [0.5, 0.6) is 11.5 Å². The lowest BCUT2D eigenvalue weighted by molar-refractivity contribution is 0.354. The van der Waals surface area contributed by atoms with Gasteiger partial charge in [-0.3, -0.25) is 4.79 Å². The predicted molar refractivity (Wildman–Crippen MR) is 116 cm³/mol. The van der Waals surface area contributed by atoms with E-state index in [1.807, 2.05) is 55.5 Å². The molecule has 4 aromatic rings. The van der Waals surface area contributed by atoms with E-state index in [4.69, 9.17) is 9.47 Å². The third-order valence-corrected chi connectivity index (χ3v) is 5.38. The lowest BCUT2D eigenvalue weighted by Crippen LogP contribution is -2.23. The zero-order valence-electron chi connectivity index (χ0n) is 16.2. The molecule has 6 nitrogen and oxygen atoms in total. The molecule has 0 amide bonds. The number of methoxy groups -OCH3 is 2. The van der Waals surface area contributed by atoms with E-state index in [9.17, 15) is 4.79 Å². The van der Waals surface area contributed by atoms with Gasteiger partial charge in [0.05, 0.1) is 18.8 Å². The highest BCUT2D eigenvalue weighted by molar-refractivity contribution is 7.15. The van der Waals surface area contributed by atoms with Crippen LogP contribution in [-0.2, 0) is 0 Å². The highest BCUT2D eigenvalue weighted by Gasteiger charge is 2.11. The summed E-state index contributed by atoms with van der Waals surface area (Å²) < 4.78 is 12.6. The fourth-order valence-electron chi connectivity index (χ4n) is 2.93. The van der Waals surface area contributed by atoms with E-state index in [0.717, 1.165) is 11.1 Å². The topological polar surface area (TPSA) is 65.7 Å². The molecule has 146 valence electrons. The Morgan fingerprint density at radius 3 is 2.52 bits per heavy atom. The molecule has 4 rings (SSSR count). The maximum Gasteiger partial charge on any atom is 0.291 e. The molecule has 0 fully saturated rings. The maximum atomic E-state index is 12.8. The number of para-hydroxylation sites is 1. The van der Waals surface area contributed by atoms with E-state index in [1.54, 1.807) is 26.4 Å². The summed E-state index contributed by atoms with van der Waals surface area (Å²) in [7, 11) is 3.15. The second-order valence-electron chi connectivity index (χ2n) is 6.41. The van der Waals surface area contributed by atoms with Gasteiger partial charge in [0, 0.05) is 5.56 Å². The van der Waals surface area contributed by atoms with E-state index in [1.165, 1.54) is 21.4 Å². The van der Waals surface area contributed by atoms with Crippen molar-refractivity contribution in [1.82, 2.24) is 14.6 Å². The summed E-state index contributed by atoms with van der Waals surface area (Å²) >= 11 is 1.29. The largest absolute Gasteiger partial charge is 0.493 e. The molecule has 2 heterocycles. The quantitative estimate of drug-likeness (QED) is 0.510. The number of hydrogen-bond donors (Lipinski definition) is 0. The van der Waals surface area contributed by atoms with Crippen LogP contribution in [0.3, 0.4) is 0 Å². The molecule has 29 heavy (non-hydrogen) atoms. The summed E-state index contributed by atoms with van der Waals surface area (Å²) in [5.41, 5.74) is 2.80. The lowest BCUT2D eigenvalue weighted by Gasteiger charge is -2.09. The molecule has 0 N–H and O–H groups in total. The van der Waals surface area contributed by atoms with E-state index in [0.29, 0.717) is 26.8 Å². The number of ether oxygens (including phenoxy) is 2. The fraction of sp³-hybridized carbons (Fsp3) is 0.136. The summed E-state index contributed by atoms with van der Waals surface area (Å²) in [5, 5.41) is 4.32. The molecule has 0 aliphatic heterocycles. The molecule has 0 radical (unpaired) electrons. The van der Waals surface area contributed by atoms with E-state index in [-0.39, 0.29) is 5.56 Å². The molecule has 0 aliphatic rings. The van der Waals surface area contributed by atoms with Crippen LogP contribution in [0.4, 0.5) is 0 Å². The Balaban J connectivity index is 1.70. The standard InChI is InChI=1S/C22H19N3O3S/c1-14-7-9-15(10-8-14)11-12-19-23-22-25(24-19)21(26)18(29-22)13-16-5-4-6-17(27-2)20(16)28-3/h4-13H,1-3H3/b12-11+,18-13-. The van der Waals surface area contributed by atoms with Gasteiger partial charge in [-0.1, -0.05) is 59.4 Å². The van der Waals surface area contributed by atoms with Crippen molar-refractivity contribution in [1.29, 1.82) is 0 Å². The van der Waals surface area contributed by atoms with Gasteiger partial charge in [0.1, 0.15) is 0 Å². The molecule has 7 heteroatoms. The molecule has 0 atom stereocenters. The number of fused-ring (bicyclic) bond motifs is 1. The van der Waals surface area contributed by atoms with Crippen LogP contribution in [-0.4, -0.2) is 28.8 Å². The highest BCUT2D eigenvalue weighted by Crippen LogP contribution is 2.31. The lowest BCUT2D eigenvalue weighted by atomic mass is 10.1. The fourth-order valence-corrected chi connectivity index (χ4v) is 3.84. The van der Waals surface area contributed by atoms with Gasteiger partial charge in [0.2, 0.25) is 4.96 Å². The van der Waals surface area contributed by atoms with Crippen LogP contribution in [0.25, 0.3) is 23.2 Å². The second kappa shape index (κ2) is 7.89. The van der Waals surface area contributed by atoms with Crippen molar-refractivity contribution < 1.29 is 9.47 Å². The van der Waals surface area contributed by atoms with Gasteiger partial charge in [-0.2, -0.15) is 9.50 Å². The van der Waals surface area contributed by atoms with Gasteiger partial charge in [-0.05, 0) is 30.7 Å². The normalized spacial score (nSPS) is 12.2. The van der Waals surface area contributed by atoms with Crippen molar-refractivity contribution in [2.24, 2.45) is 0 Å². The molecule has 0 aliphatic carbocycles. The Morgan fingerprint density at radius 1 is 1.03 bits per heavy atom.